The zero-order valence-corrected chi connectivity index (χ0v) is 14.2. The van der Waals surface area contributed by atoms with Crippen molar-refractivity contribution >= 4 is 22.4 Å². The molecule has 5 heteroatoms. The van der Waals surface area contributed by atoms with Crippen LogP contribution in [0.15, 0.2) is 0 Å². The lowest BCUT2D eigenvalue weighted by molar-refractivity contribution is -0.153. The third kappa shape index (κ3) is 7.94. The van der Waals surface area contributed by atoms with E-state index in [2.05, 4.69) is 6.92 Å². The summed E-state index contributed by atoms with van der Waals surface area (Å²) in [6.07, 6.45) is 2.11. The molecule has 0 rings (SSSR count). The molecule has 0 saturated carbocycles. The van der Waals surface area contributed by atoms with Gasteiger partial charge in [-0.3, -0.25) is 4.79 Å². The fraction of sp³-hybridized carbons (Fsp3) is 0.929. The van der Waals surface area contributed by atoms with Gasteiger partial charge in [-0.15, -0.1) is 8.58 Å². The second-order valence-electron chi connectivity index (χ2n) is 6.11. The summed E-state index contributed by atoms with van der Waals surface area (Å²) in [5.74, 6) is -0.222. The van der Waals surface area contributed by atoms with Gasteiger partial charge in [0.25, 0.3) is 0 Å². The molecule has 2 radical (unpaired) electrons. The minimum Gasteiger partial charge on any atom is -0.462 e. The van der Waals surface area contributed by atoms with Crippen LogP contribution in [0.3, 0.4) is 0 Å². The van der Waals surface area contributed by atoms with Crippen LogP contribution in [0.4, 0.5) is 0 Å². The molecule has 0 aromatic rings. The van der Waals surface area contributed by atoms with Crippen molar-refractivity contribution in [2.45, 2.75) is 64.0 Å². The van der Waals surface area contributed by atoms with Gasteiger partial charge < -0.3 is 9.47 Å². The highest BCUT2D eigenvalue weighted by Gasteiger charge is 2.32. The third-order valence-electron chi connectivity index (χ3n) is 2.82. The molecule has 0 spiro atoms. The smallest absolute Gasteiger partial charge is 0.312 e. The Kier molecular flexibility index (Phi) is 8.23. The van der Waals surface area contributed by atoms with Gasteiger partial charge in [0.1, 0.15) is 6.61 Å². The average molecular weight is 286 g/mol. The predicted octanol–water partition coefficient (Wildman–Crippen LogP) is 3.17. The van der Waals surface area contributed by atoms with Gasteiger partial charge in [-0.1, -0.05) is 32.5 Å². The van der Waals surface area contributed by atoms with Crippen LogP contribution in [0.25, 0.3) is 0 Å². The molecular weight excluding hydrogens is 258 g/mol. The highest BCUT2D eigenvalue weighted by molar-refractivity contribution is 7.39. The third-order valence-corrected chi connectivity index (χ3v) is 4.38. The van der Waals surface area contributed by atoms with Crippen LogP contribution in [-0.4, -0.2) is 45.0 Å². The Morgan fingerprint density at radius 2 is 1.89 bits per heavy atom. The summed E-state index contributed by atoms with van der Waals surface area (Å²) < 4.78 is 11.1. The lowest BCUT2D eigenvalue weighted by atomic mass is 9.69. The first-order chi connectivity index (χ1) is 8.64. The van der Waals surface area contributed by atoms with Crippen molar-refractivity contribution in [2.24, 2.45) is 0 Å². The number of carbonyl (C=O) groups is 1. The SMILES string of the molecule is [B]C(C)(C)C(PC)C(=O)OCC(C)(C)OCCCC. The van der Waals surface area contributed by atoms with E-state index in [1.54, 1.807) is 0 Å². The highest BCUT2D eigenvalue weighted by Crippen LogP contribution is 2.37. The zero-order valence-electron chi connectivity index (χ0n) is 13.2. The Balaban J connectivity index is 4.26. The average Bonchev–Trinajstić information content (AvgIpc) is 2.26. The minimum absolute atomic E-state index is 0.222. The second kappa shape index (κ2) is 8.27. The predicted molar refractivity (Wildman–Crippen MR) is 83.7 cm³/mol. The Hall–Kier alpha value is -0.0751. The topological polar surface area (TPSA) is 35.5 Å². The molecule has 0 saturated heterocycles. The molecule has 19 heavy (non-hydrogen) atoms. The van der Waals surface area contributed by atoms with Crippen LogP contribution in [0.1, 0.15) is 47.5 Å². The van der Waals surface area contributed by atoms with Crippen LogP contribution in [0, 0.1) is 0 Å². The number of esters is 1. The highest BCUT2D eigenvalue weighted by atomic mass is 31.1. The van der Waals surface area contributed by atoms with E-state index in [1.165, 1.54) is 0 Å². The van der Waals surface area contributed by atoms with Gasteiger partial charge in [-0.05, 0) is 26.9 Å². The molecule has 0 aliphatic heterocycles. The Morgan fingerprint density at radius 3 is 2.32 bits per heavy atom. The molecule has 0 fully saturated rings. The molecule has 0 aliphatic carbocycles. The standard InChI is InChI=1S/C14H28BO3P/c1-7-8-9-18-13(2,3)10-17-12(16)11(19-6)14(4,5)15/h11,19H,7-10H2,1-6H3. The molecular formula is C14H28BO3P. The molecule has 110 valence electrons. The van der Waals surface area contributed by atoms with Gasteiger partial charge in [0, 0.05) is 6.61 Å². The quantitative estimate of drug-likeness (QED) is 0.283. The molecule has 0 aromatic heterocycles. The first-order valence-corrected chi connectivity index (χ1v) is 8.48. The summed E-state index contributed by atoms with van der Waals surface area (Å²) in [6, 6.07) is 0. The van der Waals surface area contributed by atoms with Crippen LogP contribution in [0.2, 0.25) is 5.31 Å². The van der Waals surface area contributed by atoms with E-state index in [0.29, 0.717) is 15.2 Å². The van der Waals surface area contributed by atoms with E-state index >= 15 is 0 Å². The van der Waals surface area contributed by atoms with Gasteiger partial charge in [-0.2, -0.15) is 0 Å². The maximum Gasteiger partial charge on any atom is 0.312 e. The van der Waals surface area contributed by atoms with Gasteiger partial charge in [0.2, 0.25) is 0 Å². The molecule has 0 amide bonds. The van der Waals surface area contributed by atoms with Crippen molar-refractivity contribution in [2.75, 3.05) is 19.9 Å². The zero-order chi connectivity index (χ0) is 15.1. The first-order valence-electron chi connectivity index (χ1n) is 6.91. The molecule has 0 heterocycles. The summed E-state index contributed by atoms with van der Waals surface area (Å²) in [4.78, 5) is 12.0. The largest absolute Gasteiger partial charge is 0.462 e. The van der Waals surface area contributed by atoms with Crippen molar-refractivity contribution < 1.29 is 14.3 Å². The minimum atomic E-state index is -0.544. The van der Waals surface area contributed by atoms with E-state index in [0.717, 1.165) is 12.8 Å². The first kappa shape index (κ1) is 18.9. The van der Waals surface area contributed by atoms with Crippen molar-refractivity contribution in [3.8, 4) is 0 Å². The molecule has 0 N–H and O–H groups in total. The fourth-order valence-corrected chi connectivity index (χ4v) is 2.72. The molecule has 0 aromatic carbocycles. The lowest BCUT2D eigenvalue weighted by Gasteiger charge is -2.30. The summed E-state index contributed by atoms with van der Waals surface area (Å²) in [5.41, 5.74) is -0.690. The Bertz CT molecular complexity index is 274. The van der Waals surface area contributed by atoms with E-state index in [4.69, 9.17) is 17.3 Å². The fourth-order valence-electron chi connectivity index (χ4n) is 1.66. The molecule has 0 aliphatic rings. The Labute approximate surface area is 121 Å². The van der Waals surface area contributed by atoms with Crippen LogP contribution < -0.4 is 0 Å². The summed E-state index contributed by atoms with van der Waals surface area (Å²) in [5, 5.41) is -0.544. The van der Waals surface area contributed by atoms with Gasteiger partial charge >= 0.3 is 5.97 Å². The monoisotopic (exact) mass is 286 g/mol. The van der Waals surface area contributed by atoms with Crippen LogP contribution in [-0.2, 0) is 14.3 Å². The number of carbonyl (C=O) groups excluding carboxylic acids is 1. The number of hydrogen-bond acceptors (Lipinski definition) is 3. The summed E-state index contributed by atoms with van der Waals surface area (Å²) in [6.45, 7) is 12.7. The second-order valence-corrected chi connectivity index (χ2v) is 7.27. The maximum atomic E-state index is 12.0. The molecule has 2 atom stereocenters. The van der Waals surface area contributed by atoms with Crippen molar-refractivity contribution in [3.05, 3.63) is 0 Å². The van der Waals surface area contributed by atoms with Gasteiger partial charge in [-0.25, -0.2) is 0 Å². The molecule has 2 unspecified atom stereocenters. The van der Waals surface area contributed by atoms with Crippen LogP contribution >= 0.6 is 8.58 Å². The lowest BCUT2D eigenvalue weighted by Crippen LogP contribution is -2.36. The van der Waals surface area contributed by atoms with Gasteiger partial charge in [0.15, 0.2) is 0 Å². The normalized spacial score (nSPS) is 14.8. The Morgan fingerprint density at radius 1 is 1.32 bits per heavy atom. The van der Waals surface area contributed by atoms with Crippen molar-refractivity contribution in [3.63, 3.8) is 0 Å². The van der Waals surface area contributed by atoms with E-state index in [-0.39, 0.29) is 18.2 Å². The summed E-state index contributed by atoms with van der Waals surface area (Å²) in [7, 11) is 6.44. The van der Waals surface area contributed by atoms with E-state index in [9.17, 15) is 4.79 Å². The number of unbranched alkanes of at least 4 members (excludes halogenated alkanes) is 1. The van der Waals surface area contributed by atoms with Crippen molar-refractivity contribution in [1.29, 1.82) is 0 Å². The number of ether oxygens (including phenoxy) is 2. The molecule has 3 nitrogen and oxygen atoms in total. The van der Waals surface area contributed by atoms with Crippen LogP contribution in [0.5, 0.6) is 0 Å². The van der Waals surface area contributed by atoms with Crippen molar-refractivity contribution in [1.82, 2.24) is 0 Å². The van der Waals surface area contributed by atoms with E-state index in [1.807, 2.05) is 34.4 Å². The molecule has 0 bridgehead atoms. The maximum absolute atomic E-state index is 12.0. The van der Waals surface area contributed by atoms with E-state index < -0.39 is 10.9 Å². The van der Waals surface area contributed by atoms with Gasteiger partial charge in [0.05, 0.1) is 19.1 Å². The summed E-state index contributed by atoms with van der Waals surface area (Å²) >= 11 is 0. The number of rotatable bonds is 9. The number of hydrogen-bond donors (Lipinski definition) is 0.